The van der Waals surface area contributed by atoms with Gasteiger partial charge in [0.25, 0.3) is 0 Å². The van der Waals surface area contributed by atoms with Crippen molar-refractivity contribution < 1.29 is 14.6 Å². The fourth-order valence-electron chi connectivity index (χ4n) is 0.892. The molecule has 3 nitrogen and oxygen atoms in total. The average molecular weight is 213 g/mol. The van der Waals surface area contributed by atoms with Crippen molar-refractivity contribution in [2.75, 3.05) is 7.11 Å². The Morgan fingerprint density at radius 1 is 1.57 bits per heavy atom. The maximum Gasteiger partial charge on any atom is 0.330 e. The molecule has 74 valence electrons. The van der Waals surface area contributed by atoms with Crippen LogP contribution in [0.4, 0.5) is 0 Å². The fraction of sp³-hybridized carbons (Fsp3) is 0.100. The lowest BCUT2D eigenvalue weighted by Crippen LogP contribution is -1.93. The SMILES string of the molecule is COC(=O)C=Cc1cccc(O)c1Cl. The van der Waals surface area contributed by atoms with E-state index < -0.39 is 5.97 Å². The predicted octanol–water partition coefficient (Wildman–Crippen LogP) is 2.23. The van der Waals surface area contributed by atoms with Crippen molar-refractivity contribution in [1.82, 2.24) is 0 Å². The van der Waals surface area contributed by atoms with Gasteiger partial charge in [0, 0.05) is 6.08 Å². The van der Waals surface area contributed by atoms with Crippen molar-refractivity contribution in [3.05, 3.63) is 34.9 Å². The Morgan fingerprint density at radius 2 is 2.29 bits per heavy atom. The first kappa shape index (κ1) is 10.6. The molecule has 0 heterocycles. The Labute approximate surface area is 86.6 Å². The summed E-state index contributed by atoms with van der Waals surface area (Å²) >= 11 is 5.77. The van der Waals surface area contributed by atoms with Crippen LogP contribution >= 0.6 is 11.6 Å². The molecule has 1 aromatic rings. The number of aromatic hydroxyl groups is 1. The summed E-state index contributed by atoms with van der Waals surface area (Å²) in [4.78, 5) is 10.8. The van der Waals surface area contributed by atoms with Crippen molar-refractivity contribution in [1.29, 1.82) is 0 Å². The van der Waals surface area contributed by atoms with E-state index in [9.17, 15) is 9.90 Å². The molecule has 0 radical (unpaired) electrons. The molecule has 0 saturated heterocycles. The third kappa shape index (κ3) is 2.50. The summed E-state index contributed by atoms with van der Waals surface area (Å²) < 4.78 is 4.41. The standard InChI is InChI=1S/C10H9ClO3/c1-14-9(13)6-5-7-3-2-4-8(12)10(7)11/h2-6,12H,1H3. The topological polar surface area (TPSA) is 46.5 Å². The fourth-order valence-corrected chi connectivity index (χ4v) is 1.08. The number of methoxy groups -OCH3 is 1. The lowest BCUT2D eigenvalue weighted by Gasteiger charge is -1.99. The van der Waals surface area contributed by atoms with Crippen LogP contribution in [-0.4, -0.2) is 18.2 Å². The van der Waals surface area contributed by atoms with Crippen molar-refractivity contribution in [3.63, 3.8) is 0 Å². The van der Waals surface area contributed by atoms with Gasteiger partial charge in [-0.1, -0.05) is 23.7 Å². The van der Waals surface area contributed by atoms with Gasteiger partial charge in [0.15, 0.2) is 0 Å². The summed E-state index contributed by atoms with van der Waals surface area (Å²) in [6, 6.07) is 4.79. The summed E-state index contributed by atoms with van der Waals surface area (Å²) in [6.07, 6.45) is 2.72. The number of carbonyl (C=O) groups excluding carboxylic acids is 1. The molecule has 0 saturated carbocycles. The first-order chi connectivity index (χ1) is 6.65. The minimum Gasteiger partial charge on any atom is -0.506 e. The molecule has 1 aromatic carbocycles. The largest absolute Gasteiger partial charge is 0.506 e. The first-order valence-electron chi connectivity index (χ1n) is 3.88. The molecule has 0 bridgehead atoms. The number of phenols is 1. The smallest absolute Gasteiger partial charge is 0.330 e. The number of benzene rings is 1. The Bertz CT molecular complexity index is 372. The second kappa shape index (κ2) is 4.67. The van der Waals surface area contributed by atoms with Crippen LogP contribution in [0.1, 0.15) is 5.56 Å². The van der Waals surface area contributed by atoms with Gasteiger partial charge in [-0.15, -0.1) is 0 Å². The molecule has 0 aliphatic heterocycles. The van der Waals surface area contributed by atoms with E-state index in [0.29, 0.717) is 5.56 Å². The van der Waals surface area contributed by atoms with Gasteiger partial charge in [0.05, 0.1) is 12.1 Å². The van der Waals surface area contributed by atoms with Gasteiger partial charge in [0.2, 0.25) is 0 Å². The number of esters is 1. The molecule has 14 heavy (non-hydrogen) atoms. The number of carbonyl (C=O) groups is 1. The van der Waals surface area contributed by atoms with Crippen LogP contribution in [0, 0.1) is 0 Å². The van der Waals surface area contributed by atoms with Crippen LogP contribution in [0.2, 0.25) is 5.02 Å². The highest BCUT2D eigenvalue weighted by Gasteiger charge is 2.01. The molecule has 0 fully saturated rings. The summed E-state index contributed by atoms with van der Waals surface area (Å²) in [6.45, 7) is 0. The van der Waals surface area contributed by atoms with E-state index in [4.69, 9.17) is 11.6 Å². The molecule has 1 N–H and O–H groups in total. The zero-order valence-electron chi connectivity index (χ0n) is 7.53. The zero-order chi connectivity index (χ0) is 10.6. The van der Waals surface area contributed by atoms with Crippen molar-refractivity contribution in [2.24, 2.45) is 0 Å². The molecule has 0 aromatic heterocycles. The summed E-state index contributed by atoms with van der Waals surface area (Å²) in [7, 11) is 1.29. The van der Waals surface area contributed by atoms with E-state index in [1.165, 1.54) is 25.3 Å². The maximum atomic E-state index is 10.8. The van der Waals surface area contributed by atoms with Gasteiger partial charge in [-0.25, -0.2) is 4.79 Å². The Morgan fingerprint density at radius 3 is 2.93 bits per heavy atom. The lowest BCUT2D eigenvalue weighted by molar-refractivity contribution is -0.134. The van der Waals surface area contributed by atoms with Crippen molar-refractivity contribution in [3.8, 4) is 5.75 Å². The first-order valence-corrected chi connectivity index (χ1v) is 4.26. The molecule has 0 atom stereocenters. The van der Waals surface area contributed by atoms with E-state index in [1.807, 2.05) is 0 Å². The quantitative estimate of drug-likeness (QED) is 0.604. The van der Waals surface area contributed by atoms with Crippen molar-refractivity contribution >= 4 is 23.6 Å². The van der Waals surface area contributed by atoms with Crippen LogP contribution in [0.3, 0.4) is 0 Å². The molecular formula is C10H9ClO3. The van der Waals surface area contributed by atoms with Crippen LogP contribution in [0.15, 0.2) is 24.3 Å². The molecule has 1 rings (SSSR count). The third-order valence-corrected chi connectivity index (χ3v) is 2.02. The molecular weight excluding hydrogens is 204 g/mol. The summed E-state index contributed by atoms with van der Waals surface area (Å²) in [5.74, 6) is -0.483. The summed E-state index contributed by atoms with van der Waals surface area (Å²) in [5.41, 5.74) is 0.567. The average Bonchev–Trinajstić information content (AvgIpc) is 2.20. The highest BCUT2D eigenvalue weighted by Crippen LogP contribution is 2.27. The highest BCUT2D eigenvalue weighted by molar-refractivity contribution is 6.33. The highest BCUT2D eigenvalue weighted by atomic mass is 35.5. The van der Waals surface area contributed by atoms with Gasteiger partial charge in [-0.3, -0.25) is 0 Å². The molecule has 0 aliphatic carbocycles. The van der Waals surface area contributed by atoms with E-state index in [0.717, 1.165) is 0 Å². The summed E-state index contributed by atoms with van der Waals surface area (Å²) in [5, 5.41) is 9.46. The normalized spacial score (nSPS) is 10.4. The van der Waals surface area contributed by atoms with Gasteiger partial charge in [-0.05, 0) is 17.7 Å². The van der Waals surface area contributed by atoms with Gasteiger partial charge in [-0.2, -0.15) is 0 Å². The maximum absolute atomic E-state index is 10.8. The Balaban J connectivity index is 2.92. The molecule has 0 amide bonds. The number of hydrogen-bond donors (Lipinski definition) is 1. The zero-order valence-corrected chi connectivity index (χ0v) is 8.28. The van der Waals surface area contributed by atoms with E-state index in [-0.39, 0.29) is 10.8 Å². The minimum absolute atomic E-state index is 0.0151. The van der Waals surface area contributed by atoms with Crippen molar-refractivity contribution in [2.45, 2.75) is 0 Å². The number of ether oxygens (including phenoxy) is 1. The number of phenolic OH excluding ortho intramolecular Hbond substituents is 1. The molecule has 0 unspecified atom stereocenters. The lowest BCUT2D eigenvalue weighted by atomic mass is 10.2. The third-order valence-electron chi connectivity index (χ3n) is 1.61. The van der Waals surface area contributed by atoms with Crippen LogP contribution < -0.4 is 0 Å². The van der Waals surface area contributed by atoms with Crippen LogP contribution in [-0.2, 0) is 9.53 Å². The Kier molecular flexibility index (Phi) is 3.54. The number of rotatable bonds is 2. The van der Waals surface area contributed by atoms with Crippen LogP contribution in [0.25, 0.3) is 6.08 Å². The molecule has 0 spiro atoms. The van der Waals surface area contributed by atoms with Crippen LogP contribution in [0.5, 0.6) is 5.75 Å². The second-order valence-electron chi connectivity index (χ2n) is 2.54. The second-order valence-corrected chi connectivity index (χ2v) is 2.91. The predicted molar refractivity (Wildman–Crippen MR) is 54.2 cm³/mol. The van der Waals surface area contributed by atoms with E-state index in [1.54, 1.807) is 12.1 Å². The van der Waals surface area contributed by atoms with E-state index in [2.05, 4.69) is 4.74 Å². The Hall–Kier alpha value is -1.48. The number of halogens is 1. The minimum atomic E-state index is -0.468. The monoisotopic (exact) mass is 212 g/mol. The molecule has 0 aliphatic rings. The van der Waals surface area contributed by atoms with Gasteiger partial charge >= 0.3 is 5.97 Å². The van der Waals surface area contributed by atoms with E-state index >= 15 is 0 Å². The number of hydrogen-bond acceptors (Lipinski definition) is 3. The van der Waals surface area contributed by atoms with Gasteiger partial charge in [0.1, 0.15) is 5.75 Å². The van der Waals surface area contributed by atoms with Gasteiger partial charge < -0.3 is 9.84 Å². The molecule has 4 heteroatoms.